The van der Waals surface area contributed by atoms with Gasteiger partial charge < -0.3 is 10.6 Å². The van der Waals surface area contributed by atoms with E-state index in [4.69, 9.17) is 0 Å². The molecule has 0 saturated carbocycles. The zero-order valence-corrected chi connectivity index (χ0v) is 11.0. The number of fused-ring (bicyclic) bond motifs is 1. The zero-order valence-electron chi connectivity index (χ0n) is 11.0. The Morgan fingerprint density at radius 3 is 3.00 bits per heavy atom. The number of hydrogen-bond donors (Lipinski definition) is 2. The Morgan fingerprint density at radius 2 is 2.25 bits per heavy atom. The Morgan fingerprint density at radius 1 is 1.45 bits per heavy atom. The van der Waals surface area contributed by atoms with Gasteiger partial charge in [-0.25, -0.2) is 0 Å². The number of carbonyl (C=O) groups excluding carboxylic acids is 2. The molecule has 1 aliphatic heterocycles. The van der Waals surface area contributed by atoms with Crippen molar-refractivity contribution in [3.05, 3.63) is 42.2 Å². The second-order valence-electron chi connectivity index (χ2n) is 4.78. The van der Waals surface area contributed by atoms with Crippen LogP contribution in [-0.4, -0.2) is 21.6 Å². The predicted octanol–water partition coefficient (Wildman–Crippen LogP) is 1.48. The van der Waals surface area contributed by atoms with E-state index >= 15 is 0 Å². The fourth-order valence-corrected chi connectivity index (χ4v) is 2.36. The van der Waals surface area contributed by atoms with E-state index in [1.165, 1.54) is 0 Å². The maximum absolute atomic E-state index is 12.4. The van der Waals surface area contributed by atoms with Crippen molar-refractivity contribution in [2.45, 2.75) is 12.3 Å². The smallest absolute Gasteiger partial charge is 0.232 e. The lowest BCUT2D eigenvalue weighted by molar-refractivity contribution is -0.123. The maximum Gasteiger partial charge on any atom is 0.232 e. The number of benzene rings is 1. The van der Waals surface area contributed by atoms with Crippen LogP contribution in [0.5, 0.6) is 0 Å². The van der Waals surface area contributed by atoms with E-state index in [-0.39, 0.29) is 18.2 Å². The number of para-hydroxylation sites is 1. The first-order chi connectivity index (χ1) is 9.63. The summed E-state index contributed by atoms with van der Waals surface area (Å²) in [5, 5.41) is 9.57. The molecule has 0 fully saturated rings. The molecule has 1 unspecified atom stereocenters. The van der Waals surface area contributed by atoms with E-state index < -0.39 is 5.92 Å². The third kappa shape index (κ3) is 2.27. The molecular weight excluding hydrogens is 256 g/mol. The van der Waals surface area contributed by atoms with Gasteiger partial charge in [-0.15, -0.1) is 0 Å². The molecular formula is C14H14N4O2. The third-order valence-electron chi connectivity index (χ3n) is 3.29. The summed E-state index contributed by atoms with van der Waals surface area (Å²) in [6, 6.07) is 7.36. The molecule has 6 nitrogen and oxygen atoms in total. The normalized spacial score (nSPS) is 17.2. The van der Waals surface area contributed by atoms with Crippen molar-refractivity contribution in [2.75, 3.05) is 10.6 Å². The van der Waals surface area contributed by atoms with Gasteiger partial charge in [0, 0.05) is 25.4 Å². The van der Waals surface area contributed by atoms with Crippen molar-refractivity contribution >= 4 is 23.2 Å². The van der Waals surface area contributed by atoms with Crippen molar-refractivity contribution in [3.8, 4) is 0 Å². The van der Waals surface area contributed by atoms with Crippen molar-refractivity contribution in [2.24, 2.45) is 7.05 Å². The third-order valence-corrected chi connectivity index (χ3v) is 3.29. The van der Waals surface area contributed by atoms with Crippen LogP contribution in [0, 0.1) is 0 Å². The van der Waals surface area contributed by atoms with Gasteiger partial charge in [0.05, 0.1) is 17.8 Å². The lowest BCUT2D eigenvalue weighted by atomic mass is 9.90. The van der Waals surface area contributed by atoms with Gasteiger partial charge in [-0.3, -0.25) is 14.3 Å². The highest BCUT2D eigenvalue weighted by Crippen LogP contribution is 2.32. The fourth-order valence-electron chi connectivity index (χ4n) is 2.36. The molecule has 0 spiro atoms. The Balaban J connectivity index is 1.86. The number of aromatic nitrogens is 2. The van der Waals surface area contributed by atoms with Crippen molar-refractivity contribution < 1.29 is 9.59 Å². The molecule has 2 heterocycles. The van der Waals surface area contributed by atoms with Crippen LogP contribution in [-0.2, 0) is 16.6 Å². The van der Waals surface area contributed by atoms with Crippen LogP contribution < -0.4 is 10.6 Å². The second-order valence-corrected chi connectivity index (χ2v) is 4.78. The molecule has 1 atom stereocenters. The van der Waals surface area contributed by atoms with Crippen LogP contribution in [0.2, 0.25) is 0 Å². The van der Waals surface area contributed by atoms with Gasteiger partial charge in [-0.2, -0.15) is 5.10 Å². The van der Waals surface area contributed by atoms with E-state index in [0.717, 1.165) is 5.56 Å². The minimum Gasteiger partial charge on any atom is -0.326 e. The number of amides is 2. The number of anilines is 2. The average molecular weight is 270 g/mol. The van der Waals surface area contributed by atoms with Crippen LogP contribution >= 0.6 is 0 Å². The van der Waals surface area contributed by atoms with E-state index in [1.54, 1.807) is 30.2 Å². The minimum atomic E-state index is -0.472. The summed E-state index contributed by atoms with van der Waals surface area (Å²) in [4.78, 5) is 24.0. The number of aryl methyl sites for hydroxylation is 1. The molecule has 3 rings (SSSR count). The van der Waals surface area contributed by atoms with Crippen LogP contribution in [0.3, 0.4) is 0 Å². The number of carbonyl (C=O) groups is 2. The van der Waals surface area contributed by atoms with Gasteiger partial charge in [-0.1, -0.05) is 18.2 Å². The topological polar surface area (TPSA) is 76.0 Å². The molecule has 20 heavy (non-hydrogen) atoms. The van der Waals surface area contributed by atoms with E-state index in [2.05, 4.69) is 15.7 Å². The molecule has 102 valence electrons. The lowest BCUT2D eigenvalue weighted by Gasteiger charge is -2.24. The van der Waals surface area contributed by atoms with Crippen molar-refractivity contribution in [1.29, 1.82) is 0 Å². The molecule has 0 saturated heterocycles. The van der Waals surface area contributed by atoms with Gasteiger partial charge in [-0.05, 0) is 11.6 Å². The lowest BCUT2D eigenvalue weighted by Crippen LogP contribution is -2.30. The predicted molar refractivity (Wildman–Crippen MR) is 74.3 cm³/mol. The van der Waals surface area contributed by atoms with E-state index in [9.17, 15) is 9.59 Å². The van der Waals surface area contributed by atoms with Gasteiger partial charge in [0.1, 0.15) is 0 Å². The molecule has 2 amide bonds. The van der Waals surface area contributed by atoms with Gasteiger partial charge in [0.15, 0.2) is 0 Å². The molecule has 0 bridgehead atoms. The maximum atomic E-state index is 12.4. The molecule has 0 radical (unpaired) electrons. The molecule has 2 aromatic rings. The standard InChI is InChI=1S/C14H14N4O2/c1-18-8-9(7-15-18)16-14(20)11-6-13(19)17-12-5-3-2-4-10(11)12/h2-5,7-8,11H,6H2,1H3,(H,16,20)(H,17,19). The molecule has 1 aliphatic rings. The number of nitrogens with zero attached hydrogens (tertiary/aromatic N) is 2. The summed E-state index contributed by atoms with van der Waals surface area (Å²) in [5.74, 6) is -0.810. The number of rotatable bonds is 2. The van der Waals surface area contributed by atoms with Crippen LogP contribution in [0.4, 0.5) is 11.4 Å². The first kappa shape index (κ1) is 12.4. The van der Waals surface area contributed by atoms with Crippen molar-refractivity contribution in [1.82, 2.24) is 9.78 Å². The fraction of sp³-hybridized carbons (Fsp3) is 0.214. The Kier molecular flexibility index (Phi) is 2.98. The summed E-state index contributed by atoms with van der Waals surface area (Å²) < 4.78 is 1.61. The van der Waals surface area contributed by atoms with Gasteiger partial charge >= 0.3 is 0 Å². The average Bonchev–Trinajstić information content (AvgIpc) is 2.83. The zero-order chi connectivity index (χ0) is 14.1. The first-order valence-corrected chi connectivity index (χ1v) is 6.32. The highest BCUT2D eigenvalue weighted by atomic mass is 16.2. The second kappa shape index (κ2) is 4.80. The SMILES string of the molecule is Cn1cc(NC(=O)C2CC(=O)Nc3ccccc32)cn1. The van der Waals surface area contributed by atoms with Crippen LogP contribution in [0.1, 0.15) is 17.9 Å². The monoisotopic (exact) mass is 270 g/mol. The highest BCUT2D eigenvalue weighted by molar-refractivity contribution is 6.04. The molecule has 2 N–H and O–H groups in total. The molecule has 0 aliphatic carbocycles. The molecule has 1 aromatic heterocycles. The van der Waals surface area contributed by atoms with Crippen LogP contribution in [0.15, 0.2) is 36.7 Å². The quantitative estimate of drug-likeness (QED) is 0.868. The van der Waals surface area contributed by atoms with Gasteiger partial charge in [0.2, 0.25) is 11.8 Å². The Labute approximate surface area is 115 Å². The molecule has 6 heteroatoms. The minimum absolute atomic E-state index is 0.143. The van der Waals surface area contributed by atoms with Crippen molar-refractivity contribution in [3.63, 3.8) is 0 Å². The summed E-state index contributed by atoms with van der Waals surface area (Å²) in [6.45, 7) is 0. The van der Waals surface area contributed by atoms with E-state index in [0.29, 0.717) is 11.4 Å². The Hall–Kier alpha value is -2.63. The summed E-state index contributed by atoms with van der Waals surface area (Å²) in [6.07, 6.45) is 3.45. The highest BCUT2D eigenvalue weighted by Gasteiger charge is 2.30. The molecule has 1 aromatic carbocycles. The van der Waals surface area contributed by atoms with E-state index in [1.807, 2.05) is 18.2 Å². The number of nitrogens with one attached hydrogen (secondary N) is 2. The number of hydrogen-bond acceptors (Lipinski definition) is 3. The van der Waals surface area contributed by atoms with Crippen LogP contribution in [0.25, 0.3) is 0 Å². The van der Waals surface area contributed by atoms with Gasteiger partial charge in [0.25, 0.3) is 0 Å². The Bertz CT molecular complexity index is 677. The summed E-state index contributed by atoms with van der Waals surface area (Å²) in [7, 11) is 1.78. The summed E-state index contributed by atoms with van der Waals surface area (Å²) >= 11 is 0. The first-order valence-electron chi connectivity index (χ1n) is 6.32. The largest absolute Gasteiger partial charge is 0.326 e. The summed E-state index contributed by atoms with van der Waals surface area (Å²) in [5.41, 5.74) is 2.17.